The van der Waals surface area contributed by atoms with Gasteiger partial charge in [-0.1, -0.05) is 0 Å². The van der Waals surface area contributed by atoms with Crippen molar-refractivity contribution >= 4 is 29.1 Å². The standard InChI is InChI=1S/C9H12O3S2/c1-3-12-9(11)8-6(10)4-14-7(8)5-13-2/h4,10H,3,5H2,1-2H3. The van der Waals surface area contributed by atoms with Gasteiger partial charge in [-0.3, -0.25) is 0 Å². The van der Waals surface area contributed by atoms with Gasteiger partial charge in [-0.2, -0.15) is 11.8 Å². The zero-order chi connectivity index (χ0) is 10.6. The molecule has 1 aromatic heterocycles. The summed E-state index contributed by atoms with van der Waals surface area (Å²) < 4.78 is 4.85. The van der Waals surface area contributed by atoms with Crippen LogP contribution in [0.2, 0.25) is 0 Å². The second-order valence-corrected chi connectivity index (χ2v) is 4.40. The van der Waals surface area contributed by atoms with Gasteiger partial charge in [-0.15, -0.1) is 11.3 Å². The Balaban J connectivity index is 2.92. The Morgan fingerprint density at radius 2 is 2.43 bits per heavy atom. The summed E-state index contributed by atoms with van der Waals surface area (Å²) in [6, 6.07) is 0. The lowest BCUT2D eigenvalue weighted by Crippen LogP contribution is -2.05. The number of esters is 1. The van der Waals surface area contributed by atoms with Gasteiger partial charge in [0.2, 0.25) is 0 Å². The van der Waals surface area contributed by atoms with Gasteiger partial charge in [-0.05, 0) is 13.2 Å². The van der Waals surface area contributed by atoms with Crippen molar-refractivity contribution in [1.29, 1.82) is 0 Å². The maximum absolute atomic E-state index is 11.4. The van der Waals surface area contributed by atoms with E-state index in [2.05, 4.69) is 0 Å². The number of carbonyl (C=O) groups is 1. The number of thioether (sulfide) groups is 1. The molecule has 0 aromatic carbocycles. The smallest absolute Gasteiger partial charge is 0.343 e. The first kappa shape index (κ1) is 11.4. The van der Waals surface area contributed by atoms with Crippen LogP contribution in [0.5, 0.6) is 5.75 Å². The minimum atomic E-state index is -0.435. The van der Waals surface area contributed by atoms with Crippen molar-refractivity contribution in [3.63, 3.8) is 0 Å². The third-order valence-electron chi connectivity index (χ3n) is 1.60. The van der Waals surface area contributed by atoms with Crippen LogP contribution in [0, 0.1) is 0 Å². The molecule has 0 amide bonds. The Morgan fingerprint density at radius 1 is 1.71 bits per heavy atom. The minimum absolute atomic E-state index is 0.0255. The van der Waals surface area contributed by atoms with E-state index in [4.69, 9.17) is 4.74 Å². The summed E-state index contributed by atoms with van der Waals surface area (Å²) in [6.45, 7) is 2.07. The molecule has 3 nitrogen and oxygen atoms in total. The molecule has 0 aliphatic carbocycles. The summed E-state index contributed by atoms with van der Waals surface area (Å²) in [6.07, 6.45) is 1.95. The molecule has 0 unspecified atom stereocenters. The third kappa shape index (κ3) is 2.42. The fraction of sp³-hybridized carbons (Fsp3) is 0.444. The molecule has 0 spiro atoms. The Labute approximate surface area is 91.1 Å². The number of hydrogen-bond acceptors (Lipinski definition) is 5. The zero-order valence-corrected chi connectivity index (χ0v) is 9.70. The lowest BCUT2D eigenvalue weighted by atomic mass is 10.2. The SMILES string of the molecule is CCOC(=O)c1c(O)csc1CSC. The molecule has 0 aliphatic heterocycles. The van der Waals surface area contributed by atoms with Gasteiger partial charge in [0.1, 0.15) is 11.3 Å². The van der Waals surface area contributed by atoms with Crippen LogP contribution in [0.4, 0.5) is 0 Å². The molecular weight excluding hydrogens is 220 g/mol. The average molecular weight is 232 g/mol. The zero-order valence-electron chi connectivity index (χ0n) is 8.07. The molecule has 1 aromatic rings. The van der Waals surface area contributed by atoms with E-state index in [0.717, 1.165) is 10.6 Å². The quantitative estimate of drug-likeness (QED) is 0.810. The second kappa shape index (κ2) is 5.26. The van der Waals surface area contributed by atoms with Crippen molar-refractivity contribution in [3.8, 4) is 5.75 Å². The average Bonchev–Trinajstić information content (AvgIpc) is 2.48. The first-order valence-electron chi connectivity index (χ1n) is 4.16. The van der Waals surface area contributed by atoms with E-state index >= 15 is 0 Å². The van der Waals surface area contributed by atoms with Crippen LogP contribution in [0.15, 0.2) is 5.38 Å². The maximum atomic E-state index is 11.4. The lowest BCUT2D eigenvalue weighted by Gasteiger charge is -2.02. The van der Waals surface area contributed by atoms with Gasteiger partial charge >= 0.3 is 5.97 Å². The fourth-order valence-corrected chi connectivity index (χ4v) is 2.76. The lowest BCUT2D eigenvalue weighted by molar-refractivity contribution is 0.0523. The van der Waals surface area contributed by atoms with Crippen LogP contribution in [-0.2, 0) is 10.5 Å². The van der Waals surface area contributed by atoms with E-state index < -0.39 is 5.97 Å². The van der Waals surface area contributed by atoms with E-state index in [1.54, 1.807) is 24.1 Å². The predicted octanol–water partition coefficient (Wildman–Crippen LogP) is 2.49. The highest BCUT2D eigenvalue weighted by Gasteiger charge is 2.19. The van der Waals surface area contributed by atoms with Gasteiger partial charge in [0, 0.05) is 16.0 Å². The normalized spacial score (nSPS) is 10.1. The number of rotatable bonds is 4. The summed E-state index contributed by atoms with van der Waals surface area (Å²) in [5.41, 5.74) is 0.325. The number of aromatic hydroxyl groups is 1. The van der Waals surface area contributed by atoms with E-state index in [1.165, 1.54) is 11.3 Å². The Hall–Kier alpha value is -0.680. The molecule has 78 valence electrons. The monoisotopic (exact) mass is 232 g/mol. The van der Waals surface area contributed by atoms with Crippen LogP contribution >= 0.6 is 23.1 Å². The Morgan fingerprint density at radius 3 is 3.00 bits per heavy atom. The van der Waals surface area contributed by atoms with Crippen molar-refractivity contribution in [1.82, 2.24) is 0 Å². The molecule has 0 bridgehead atoms. The Kier molecular flexibility index (Phi) is 4.28. The highest BCUT2D eigenvalue weighted by Crippen LogP contribution is 2.31. The molecule has 1 heterocycles. The van der Waals surface area contributed by atoms with Gasteiger partial charge in [0.25, 0.3) is 0 Å². The van der Waals surface area contributed by atoms with Crippen LogP contribution in [0.3, 0.4) is 0 Å². The molecule has 0 saturated heterocycles. The molecule has 0 saturated carbocycles. The molecule has 0 atom stereocenters. The number of thiophene rings is 1. The van der Waals surface area contributed by atoms with E-state index in [9.17, 15) is 9.90 Å². The highest BCUT2D eigenvalue weighted by atomic mass is 32.2. The topological polar surface area (TPSA) is 46.5 Å². The van der Waals surface area contributed by atoms with E-state index in [1.807, 2.05) is 6.26 Å². The van der Waals surface area contributed by atoms with Gasteiger partial charge in [0.05, 0.1) is 6.61 Å². The van der Waals surface area contributed by atoms with Crippen LogP contribution in [-0.4, -0.2) is 23.9 Å². The number of hydrogen-bond donors (Lipinski definition) is 1. The van der Waals surface area contributed by atoms with Crippen LogP contribution < -0.4 is 0 Å². The van der Waals surface area contributed by atoms with Gasteiger partial charge < -0.3 is 9.84 Å². The molecule has 0 radical (unpaired) electrons. The fourth-order valence-electron chi connectivity index (χ4n) is 1.05. The number of carbonyl (C=O) groups excluding carboxylic acids is 1. The van der Waals surface area contributed by atoms with Crippen molar-refractivity contribution in [3.05, 3.63) is 15.8 Å². The highest BCUT2D eigenvalue weighted by molar-refractivity contribution is 7.97. The first-order valence-corrected chi connectivity index (χ1v) is 6.43. The predicted molar refractivity (Wildman–Crippen MR) is 59.2 cm³/mol. The maximum Gasteiger partial charge on any atom is 0.343 e. The van der Waals surface area contributed by atoms with Crippen molar-refractivity contribution in [2.75, 3.05) is 12.9 Å². The van der Waals surface area contributed by atoms with Crippen LogP contribution in [0.25, 0.3) is 0 Å². The van der Waals surface area contributed by atoms with Crippen molar-refractivity contribution < 1.29 is 14.6 Å². The van der Waals surface area contributed by atoms with E-state index in [0.29, 0.717) is 12.2 Å². The molecule has 0 fully saturated rings. The van der Waals surface area contributed by atoms with Gasteiger partial charge in [-0.25, -0.2) is 4.79 Å². The largest absolute Gasteiger partial charge is 0.506 e. The molecule has 14 heavy (non-hydrogen) atoms. The second-order valence-electron chi connectivity index (χ2n) is 2.57. The third-order valence-corrected chi connectivity index (χ3v) is 3.34. The summed E-state index contributed by atoms with van der Waals surface area (Å²) >= 11 is 2.99. The number of ether oxygens (including phenoxy) is 1. The summed E-state index contributed by atoms with van der Waals surface area (Å²) in [5.74, 6) is 0.312. The minimum Gasteiger partial charge on any atom is -0.506 e. The van der Waals surface area contributed by atoms with Gasteiger partial charge in [0.15, 0.2) is 0 Å². The van der Waals surface area contributed by atoms with Crippen molar-refractivity contribution in [2.45, 2.75) is 12.7 Å². The van der Waals surface area contributed by atoms with Crippen molar-refractivity contribution in [2.24, 2.45) is 0 Å². The molecule has 1 N–H and O–H groups in total. The molecule has 5 heteroatoms. The Bertz CT molecular complexity index is 320. The summed E-state index contributed by atoms with van der Waals surface area (Å²) in [4.78, 5) is 12.3. The van der Waals surface area contributed by atoms with E-state index in [-0.39, 0.29) is 5.75 Å². The summed E-state index contributed by atoms with van der Waals surface area (Å²) in [7, 11) is 0. The molecular formula is C9H12O3S2. The first-order chi connectivity index (χ1) is 6.70. The summed E-state index contributed by atoms with van der Waals surface area (Å²) in [5, 5.41) is 11.0. The van der Waals surface area contributed by atoms with Crippen LogP contribution in [0.1, 0.15) is 22.2 Å². The molecule has 1 rings (SSSR count). The molecule has 0 aliphatic rings.